The van der Waals surface area contributed by atoms with Crippen molar-refractivity contribution in [2.24, 2.45) is 0 Å². The van der Waals surface area contributed by atoms with Gasteiger partial charge in [-0.05, 0) is 49.2 Å². The molecule has 0 aliphatic carbocycles. The van der Waals surface area contributed by atoms with Crippen molar-refractivity contribution in [3.05, 3.63) is 83.7 Å². The number of thiol groups is 1. The van der Waals surface area contributed by atoms with Crippen molar-refractivity contribution >= 4 is 24.0 Å². The van der Waals surface area contributed by atoms with Crippen LogP contribution in [0.1, 0.15) is 16.7 Å². The molecule has 0 bridgehead atoms. The van der Waals surface area contributed by atoms with Gasteiger partial charge in [-0.2, -0.15) is 12.6 Å². The summed E-state index contributed by atoms with van der Waals surface area (Å²) < 4.78 is 0. The summed E-state index contributed by atoms with van der Waals surface area (Å²) in [7, 11) is 0. The number of hydrogen-bond acceptors (Lipinski definition) is 4. The molecule has 0 amide bonds. The van der Waals surface area contributed by atoms with Crippen LogP contribution in [0.15, 0.2) is 67.0 Å². The van der Waals surface area contributed by atoms with Crippen LogP contribution in [0.3, 0.4) is 0 Å². The number of pyridine rings is 1. The average Bonchev–Trinajstić information content (AvgIpc) is 3.13. The maximum absolute atomic E-state index is 5.04. The van der Waals surface area contributed by atoms with E-state index in [1.807, 2.05) is 24.5 Å². The molecule has 2 aromatic carbocycles. The Morgan fingerprint density at radius 3 is 2.11 bits per heavy atom. The van der Waals surface area contributed by atoms with Gasteiger partial charge >= 0.3 is 0 Å². The van der Waals surface area contributed by atoms with Gasteiger partial charge in [-0.1, -0.05) is 41.5 Å². The van der Waals surface area contributed by atoms with Gasteiger partial charge in [0.05, 0.1) is 10.6 Å². The van der Waals surface area contributed by atoms with Gasteiger partial charge in [0, 0.05) is 29.3 Å². The number of rotatable bonds is 4. The van der Waals surface area contributed by atoms with Crippen LogP contribution >= 0.6 is 24.0 Å². The van der Waals surface area contributed by atoms with E-state index in [1.165, 1.54) is 21.6 Å². The lowest BCUT2D eigenvalue weighted by atomic mass is 10.0. The van der Waals surface area contributed by atoms with E-state index in [0.29, 0.717) is 0 Å². The molecule has 4 rings (SSSR count). The number of thiazole rings is 1. The Morgan fingerprint density at radius 1 is 0.815 bits per heavy atom. The third-order valence-electron chi connectivity index (χ3n) is 4.45. The lowest BCUT2D eigenvalue weighted by Crippen LogP contribution is -1.86. The topological polar surface area (TPSA) is 25.8 Å². The van der Waals surface area contributed by atoms with Crippen LogP contribution in [0.5, 0.6) is 0 Å². The molecule has 2 nitrogen and oxygen atoms in total. The molecule has 0 saturated heterocycles. The molecule has 134 valence electrons. The Balaban J connectivity index is 1.89. The second-order valence-electron chi connectivity index (χ2n) is 6.66. The van der Waals surface area contributed by atoms with E-state index in [-0.39, 0.29) is 0 Å². The summed E-state index contributed by atoms with van der Waals surface area (Å²) in [5, 5.41) is 1.03. The van der Waals surface area contributed by atoms with Crippen LogP contribution in [-0.4, -0.2) is 9.97 Å². The predicted molar refractivity (Wildman–Crippen MR) is 118 cm³/mol. The van der Waals surface area contributed by atoms with Crippen molar-refractivity contribution in [2.45, 2.75) is 19.6 Å². The Bertz CT molecular complexity index is 1050. The fourth-order valence-electron chi connectivity index (χ4n) is 3.20. The van der Waals surface area contributed by atoms with Crippen molar-refractivity contribution in [3.63, 3.8) is 0 Å². The van der Waals surface area contributed by atoms with Gasteiger partial charge in [-0.3, -0.25) is 4.98 Å². The van der Waals surface area contributed by atoms with Crippen LogP contribution < -0.4 is 0 Å². The number of nitrogens with zero attached hydrogens (tertiary/aromatic N) is 2. The summed E-state index contributed by atoms with van der Waals surface area (Å²) >= 11 is 6.08. The normalized spacial score (nSPS) is 10.9. The standard InChI is InChI=1S/C23H20N2S2/c1-15-11-16(2)13-20(12-15)21-22(18-7-9-24-10-8-18)27-23(25-21)19-5-3-17(14-26)4-6-19/h3-13,26H,14H2,1-2H3. The van der Waals surface area contributed by atoms with Crippen LogP contribution in [0, 0.1) is 13.8 Å². The van der Waals surface area contributed by atoms with E-state index < -0.39 is 0 Å². The highest BCUT2D eigenvalue weighted by Crippen LogP contribution is 2.40. The summed E-state index contributed by atoms with van der Waals surface area (Å²) in [6.07, 6.45) is 3.67. The zero-order valence-corrected chi connectivity index (χ0v) is 17.0. The largest absolute Gasteiger partial charge is 0.265 e. The molecule has 4 aromatic rings. The van der Waals surface area contributed by atoms with Gasteiger partial charge in [0.2, 0.25) is 0 Å². The van der Waals surface area contributed by atoms with Crippen LogP contribution in [0.25, 0.3) is 32.3 Å². The minimum atomic E-state index is 0.744. The Morgan fingerprint density at radius 2 is 1.48 bits per heavy atom. The quantitative estimate of drug-likeness (QED) is 0.399. The summed E-state index contributed by atoms with van der Waals surface area (Å²) in [5.41, 5.74) is 8.19. The number of aryl methyl sites for hydroxylation is 2. The van der Waals surface area contributed by atoms with Crippen LogP contribution in [-0.2, 0) is 5.75 Å². The van der Waals surface area contributed by atoms with Gasteiger partial charge in [0.15, 0.2) is 0 Å². The zero-order valence-electron chi connectivity index (χ0n) is 15.3. The summed E-state index contributed by atoms with van der Waals surface area (Å²) in [6.45, 7) is 4.26. The molecular formula is C23H20N2S2. The molecule has 0 N–H and O–H groups in total. The molecule has 2 aromatic heterocycles. The highest BCUT2D eigenvalue weighted by molar-refractivity contribution is 7.79. The Labute approximate surface area is 169 Å². The summed E-state index contributed by atoms with van der Waals surface area (Å²) in [6, 6.07) is 19.2. The first kappa shape index (κ1) is 18.0. The Kier molecular flexibility index (Phi) is 5.10. The molecule has 2 heterocycles. The van der Waals surface area contributed by atoms with Crippen molar-refractivity contribution in [2.75, 3.05) is 0 Å². The smallest absolute Gasteiger partial charge is 0.124 e. The van der Waals surface area contributed by atoms with E-state index in [0.717, 1.165) is 33.1 Å². The zero-order chi connectivity index (χ0) is 18.8. The molecule has 0 radical (unpaired) electrons. The third kappa shape index (κ3) is 3.82. The molecule has 0 aliphatic heterocycles. The molecule has 27 heavy (non-hydrogen) atoms. The van der Waals surface area contributed by atoms with Gasteiger partial charge in [-0.25, -0.2) is 4.98 Å². The Hall–Kier alpha value is -2.43. The van der Waals surface area contributed by atoms with Crippen molar-refractivity contribution in [1.82, 2.24) is 9.97 Å². The van der Waals surface area contributed by atoms with Gasteiger partial charge < -0.3 is 0 Å². The fraction of sp³-hybridized carbons (Fsp3) is 0.130. The van der Waals surface area contributed by atoms with E-state index >= 15 is 0 Å². The van der Waals surface area contributed by atoms with Gasteiger partial charge in [0.1, 0.15) is 5.01 Å². The maximum atomic E-state index is 5.04. The highest BCUT2D eigenvalue weighted by Gasteiger charge is 2.16. The molecule has 0 aliphatic rings. The van der Waals surface area contributed by atoms with Gasteiger partial charge in [0.25, 0.3) is 0 Å². The maximum Gasteiger partial charge on any atom is 0.124 e. The molecule has 4 heteroatoms. The molecule has 0 saturated carbocycles. The lowest BCUT2D eigenvalue weighted by molar-refractivity contribution is 1.32. The number of benzene rings is 2. The third-order valence-corrected chi connectivity index (χ3v) is 5.97. The molecule has 0 fully saturated rings. The van der Waals surface area contributed by atoms with Gasteiger partial charge in [-0.15, -0.1) is 11.3 Å². The lowest BCUT2D eigenvalue weighted by Gasteiger charge is -2.05. The second kappa shape index (κ2) is 7.67. The fourth-order valence-corrected chi connectivity index (χ4v) is 4.51. The van der Waals surface area contributed by atoms with Crippen molar-refractivity contribution in [1.29, 1.82) is 0 Å². The van der Waals surface area contributed by atoms with Crippen LogP contribution in [0.4, 0.5) is 0 Å². The SMILES string of the molecule is Cc1cc(C)cc(-c2nc(-c3ccc(CS)cc3)sc2-c2ccncc2)c1. The number of hydrogen-bond donors (Lipinski definition) is 1. The summed E-state index contributed by atoms with van der Waals surface area (Å²) in [5.74, 6) is 0.744. The van der Waals surface area contributed by atoms with E-state index in [1.54, 1.807) is 11.3 Å². The molecule has 0 atom stereocenters. The minimum Gasteiger partial charge on any atom is -0.265 e. The first-order valence-corrected chi connectivity index (χ1v) is 10.3. The average molecular weight is 389 g/mol. The molecule has 0 spiro atoms. The highest BCUT2D eigenvalue weighted by atomic mass is 32.1. The summed E-state index contributed by atoms with van der Waals surface area (Å²) in [4.78, 5) is 10.4. The van der Waals surface area contributed by atoms with Crippen molar-refractivity contribution in [3.8, 4) is 32.3 Å². The first-order chi connectivity index (χ1) is 13.1. The predicted octanol–water partition coefficient (Wildman–Crippen LogP) is 6.59. The van der Waals surface area contributed by atoms with E-state index in [4.69, 9.17) is 4.98 Å². The molecule has 0 unspecified atom stereocenters. The second-order valence-corrected chi connectivity index (χ2v) is 7.98. The van der Waals surface area contributed by atoms with Crippen molar-refractivity contribution < 1.29 is 0 Å². The first-order valence-electron chi connectivity index (χ1n) is 8.84. The van der Waals surface area contributed by atoms with Crippen LogP contribution in [0.2, 0.25) is 0 Å². The molecular weight excluding hydrogens is 368 g/mol. The van der Waals surface area contributed by atoms with E-state index in [9.17, 15) is 0 Å². The van der Waals surface area contributed by atoms with E-state index in [2.05, 4.69) is 73.9 Å². The monoisotopic (exact) mass is 388 g/mol. The minimum absolute atomic E-state index is 0.744. The number of aromatic nitrogens is 2.